The Balaban J connectivity index is 1.85. The zero-order valence-electron chi connectivity index (χ0n) is 11.1. The molecule has 1 saturated heterocycles. The van der Waals surface area contributed by atoms with Crippen molar-refractivity contribution in [3.63, 3.8) is 0 Å². The molecule has 0 aliphatic carbocycles. The predicted molar refractivity (Wildman–Crippen MR) is 73.2 cm³/mol. The van der Waals surface area contributed by atoms with Crippen LogP contribution in [-0.2, 0) is 4.79 Å². The van der Waals surface area contributed by atoms with Crippen LogP contribution in [0, 0.1) is 11.7 Å². The minimum Gasteiger partial charge on any atom is -0.326 e. The molecule has 1 aliphatic heterocycles. The highest BCUT2D eigenvalue weighted by atomic mass is 19.1. The first kappa shape index (κ1) is 14.0. The van der Waals surface area contributed by atoms with Crippen molar-refractivity contribution < 1.29 is 9.18 Å². The Morgan fingerprint density at radius 1 is 1.58 bits per heavy atom. The third-order valence-corrected chi connectivity index (χ3v) is 3.58. The second-order valence-electron chi connectivity index (χ2n) is 5.22. The first-order chi connectivity index (χ1) is 9.04. The van der Waals surface area contributed by atoms with Crippen LogP contribution in [-0.4, -0.2) is 36.5 Å². The lowest BCUT2D eigenvalue weighted by Gasteiger charge is -2.34. The molecule has 1 fully saturated rings. The van der Waals surface area contributed by atoms with Gasteiger partial charge in [0.25, 0.3) is 0 Å². The molecule has 4 nitrogen and oxygen atoms in total. The zero-order valence-corrected chi connectivity index (χ0v) is 11.1. The van der Waals surface area contributed by atoms with Crippen LogP contribution in [0.3, 0.4) is 0 Å². The maximum Gasteiger partial charge on any atom is 0.238 e. The normalized spacial score (nSPS) is 24.2. The SMILES string of the molecule is CC1CCN(CC(=O)Nc2cccc(F)c2)CC1N. The first-order valence-electron chi connectivity index (χ1n) is 6.58. The van der Waals surface area contributed by atoms with Gasteiger partial charge in [0.1, 0.15) is 5.82 Å². The molecule has 1 heterocycles. The number of benzene rings is 1. The fraction of sp³-hybridized carbons (Fsp3) is 0.500. The summed E-state index contributed by atoms with van der Waals surface area (Å²) < 4.78 is 13.0. The largest absolute Gasteiger partial charge is 0.326 e. The minimum absolute atomic E-state index is 0.121. The molecular weight excluding hydrogens is 245 g/mol. The smallest absolute Gasteiger partial charge is 0.238 e. The number of rotatable bonds is 3. The molecule has 104 valence electrons. The molecule has 5 heteroatoms. The molecule has 0 saturated carbocycles. The molecule has 1 aliphatic rings. The van der Waals surface area contributed by atoms with Crippen LogP contribution < -0.4 is 11.1 Å². The van der Waals surface area contributed by atoms with Crippen LogP contribution in [0.2, 0.25) is 0 Å². The van der Waals surface area contributed by atoms with Gasteiger partial charge in [0.05, 0.1) is 6.54 Å². The number of hydrogen-bond donors (Lipinski definition) is 2. The maximum atomic E-state index is 13.0. The molecule has 2 atom stereocenters. The molecule has 2 unspecified atom stereocenters. The van der Waals surface area contributed by atoms with Crippen molar-refractivity contribution in [1.82, 2.24) is 4.90 Å². The second-order valence-corrected chi connectivity index (χ2v) is 5.22. The summed E-state index contributed by atoms with van der Waals surface area (Å²) >= 11 is 0. The van der Waals surface area contributed by atoms with E-state index in [9.17, 15) is 9.18 Å². The highest BCUT2D eigenvalue weighted by Gasteiger charge is 2.24. The molecule has 2 rings (SSSR count). The fourth-order valence-electron chi connectivity index (χ4n) is 2.28. The highest BCUT2D eigenvalue weighted by Crippen LogP contribution is 2.15. The van der Waals surface area contributed by atoms with Gasteiger partial charge < -0.3 is 11.1 Å². The summed E-state index contributed by atoms with van der Waals surface area (Å²) in [5.74, 6) is 0.0153. The number of nitrogens with zero attached hydrogens (tertiary/aromatic N) is 1. The van der Waals surface area contributed by atoms with E-state index in [1.807, 2.05) is 4.90 Å². The van der Waals surface area contributed by atoms with Crippen LogP contribution in [0.4, 0.5) is 10.1 Å². The lowest BCUT2D eigenvalue weighted by atomic mass is 9.94. The average Bonchev–Trinajstić information content (AvgIpc) is 2.34. The number of halogens is 1. The van der Waals surface area contributed by atoms with Gasteiger partial charge in [-0.2, -0.15) is 0 Å². The summed E-state index contributed by atoms with van der Waals surface area (Å²) in [6, 6.07) is 6.02. The number of carbonyl (C=O) groups excluding carboxylic acids is 1. The fourth-order valence-corrected chi connectivity index (χ4v) is 2.28. The van der Waals surface area contributed by atoms with Crippen molar-refractivity contribution in [3.05, 3.63) is 30.1 Å². The minimum atomic E-state index is -0.355. The monoisotopic (exact) mass is 265 g/mol. The number of likely N-dealkylation sites (tertiary alicyclic amines) is 1. The van der Waals surface area contributed by atoms with Crippen molar-refractivity contribution in [1.29, 1.82) is 0 Å². The van der Waals surface area contributed by atoms with Crippen LogP contribution in [0.5, 0.6) is 0 Å². The molecule has 1 amide bonds. The summed E-state index contributed by atoms with van der Waals surface area (Å²) in [5.41, 5.74) is 6.48. The number of amides is 1. The predicted octanol–water partition coefficient (Wildman–Crippen LogP) is 1.43. The van der Waals surface area contributed by atoms with Gasteiger partial charge >= 0.3 is 0 Å². The Bertz CT molecular complexity index is 452. The Morgan fingerprint density at radius 2 is 2.37 bits per heavy atom. The summed E-state index contributed by atoms with van der Waals surface area (Å²) in [7, 11) is 0. The topological polar surface area (TPSA) is 58.4 Å². The van der Waals surface area contributed by atoms with E-state index in [-0.39, 0.29) is 17.8 Å². The molecule has 1 aromatic rings. The summed E-state index contributed by atoms with van der Waals surface area (Å²) in [6.07, 6.45) is 1.01. The Kier molecular flexibility index (Phi) is 4.50. The third-order valence-electron chi connectivity index (χ3n) is 3.58. The lowest BCUT2D eigenvalue weighted by molar-refractivity contribution is -0.117. The van der Waals surface area contributed by atoms with Crippen molar-refractivity contribution >= 4 is 11.6 Å². The van der Waals surface area contributed by atoms with Gasteiger partial charge in [-0.25, -0.2) is 4.39 Å². The van der Waals surface area contributed by atoms with Gasteiger partial charge in [0.2, 0.25) is 5.91 Å². The molecule has 1 aromatic carbocycles. The van der Waals surface area contributed by atoms with E-state index in [0.717, 1.165) is 19.5 Å². The van der Waals surface area contributed by atoms with E-state index in [4.69, 9.17) is 5.73 Å². The molecule has 0 radical (unpaired) electrons. The number of nitrogens with two attached hydrogens (primary N) is 1. The molecule has 0 bridgehead atoms. The number of piperidine rings is 1. The zero-order chi connectivity index (χ0) is 13.8. The van der Waals surface area contributed by atoms with Gasteiger partial charge in [-0.3, -0.25) is 9.69 Å². The first-order valence-corrected chi connectivity index (χ1v) is 6.58. The van der Waals surface area contributed by atoms with Crippen LogP contribution in [0.25, 0.3) is 0 Å². The number of carbonyl (C=O) groups is 1. The summed E-state index contributed by atoms with van der Waals surface area (Å²) in [4.78, 5) is 13.9. The Labute approximate surface area is 112 Å². The van der Waals surface area contributed by atoms with Crippen LogP contribution in [0.1, 0.15) is 13.3 Å². The molecule has 0 spiro atoms. The average molecular weight is 265 g/mol. The van der Waals surface area contributed by atoms with Crippen molar-refractivity contribution in [2.45, 2.75) is 19.4 Å². The Morgan fingerprint density at radius 3 is 3.05 bits per heavy atom. The van der Waals surface area contributed by atoms with E-state index < -0.39 is 0 Å². The number of nitrogens with one attached hydrogen (secondary N) is 1. The van der Waals surface area contributed by atoms with Crippen LogP contribution >= 0.6 is 0 Å². The quantitative estimate of drug-likeness (QED) is 0.869. The summed E-state index contributed by atoms with van der Waals surface area (Å²) in [6.45, 7) is 4.05. The van der Waals surface area contributed by atoms with E-state index >= 15 is 0 Å². The van der Waals surface area contributed by atoms with Crippen molar-refractivity contribution in [2.75, 3.05) is 25.0 Å². The van der Waals surface area contributed by atoms with Crippen LogP contribution in [0.15, 0.2) is 24.3 Å². The van der Waals surface area contributed by atoms with E-state index in [1.54, 1.807) is 12.1 Å². The van der Waals surface area contributed by atoms with Gasteiger partial charge in [0.15, 0.2) is 0 Å². The molecule has 3 N–H and O–H groups in total. The molecular formula is C14H20FN3O. The molecule has 19 heavy (non-hydrogen) atoms. The number of hydrogen-bond acceptors (Lipinski definition) is 3. The highest BCUT2D eigenvalue weighted by molar-refractivity contribution is 5.92. The summed E-state index contributed by atoms with van der Waals surface area (Å²) in [5, 5.41) is 2.69. The van der Waals surface area contributed by atoms with Crippen molar-refractivity contribution in [3.8, 4) is 0 Å². The standard InChI is InChI=1S/C14H20FN3O/c1-10-5-6-18(8-13(10)16)9-14(19)17-12-4-2-3-11(15)7-12/h2-4,7,10,13H,5-6,8-9,16H2,1H3,(H,17,19). The maximum absolute atomic E-state index is 13.0. The van der Waals surface area contributed by atoms with Crippen molar-refractivity contribution in [2.24, 2.45) is 11.7 Å². The Hall–Kier alpha value is -1.46. The molecule has 0 aromatic heterocycles. The number of anilines is 1. The van der Waals surface area contributed by atoms with E-state index in [2.05, 4.69) is 12.2 Å². The lowest BCUT2D eigenvalue weighted by Crippen LogP contribution is -2.49. The van der Waals surface area contributed by atoms with Gasteiger partial charge in [0, 0.05) is 18.3 Å². The van der Waals surface area contributed by atoms with Gasteiger partial charge in [-0.15, -0.1) is 0 Å². The van der Waals surface area contributed by atoms with E-state index in [0.29, 0.717) is 18.2 Å². The van der Waals surface area contributed by atoms with Gasteiger partial charge in [-0.05, 0) is 37.1 Å². The second kappa shape index (κ2) is 6.12. The third kappa shape index (κ3) is 4.01. The van der Waals surface area contributed by atoms with Gasteiger partial charge in [-0.1, -0.05) is 13.0 Å². The van der Waals surface area contributed by atoms with E-state index in [1.165, 1.54) is 12.1 Å².